The van der Waals surface area contributed by atoms with Crippen molar-refractivity contribution in [2.24, 2.45) is 0 Å². The number of rotatable bonds is 11. The largest absolute Gasteiger partial charge is 0.355 e. The monoisotopic (exact) mass is 609 g/mol. The summed E-state index contributed by atoms with van der Waals surface area (Å²) in [6, 6.07) is 16.5. The van der Waals surface area contributed by atoms with Gasteiger partial charge in [-0.15, -0.1) is 0 Å². The summed E-state index contributed by atoms with van der Waals surface area (Å²) in [6.45, 7) is 5.20. The van der Waals surface area contributed by atoms with Gasteiger partial charge in [-0.1, -0.05) is 65.5 Å². The van der Waals surface area contributed by atoms with E-state index in [1.807, 2.05) is 6.92 Å². The van der Waals surface area contributed by atoms with Crippen LogP contribution < -0.4 is 9.62 Å². The van der Waals surface area contributed by atoms with Crippen LogP contribution in [0.25, 0.3) is 0 Å². The molecule has 39 heavy (non-hydrogen) atoms. The fraction of sp³-hybridized carbons (Fsp3) is 0.286. The van der Waals surface area contributed by atoms with Crippen molar-refractivity contribution in [2.45, 2.75) is 44.7 Å². The number of carbonyl (C=O) groups is 2. The van der Waals surface area contributed by atoms with E-state index in [0.717, 1.165) is 9.87 Å². The number of aryl methyl sites for hydroxylation is 1. The van der Waals surface area contributed by atoms with Crippen molar-refractivity contribution in [3.8, 4) is 0 Å². The lowest BCUT2D eigenvalue weighted by atomic mass is 10.1. The molecule has 2 amide bonds. The molecule has 208 valence electrons. The van der Waals surface area contributed by atoms with Gasteiger partial charge in [0, 0.05) is 28.2 Å². The Hall–Kier alpha value is -2.78. The first kappa shape index (κ1) is 30.8. The van der Waals surface area contributed by atoms with Crippen LogP contribution in [0.3, 0.4) is 0 Å². The van der Waals surface area contributed by atoms with Gasteiger partial charge < -0.3 is 10.2 Å². The van der Waals surface area contributed by atoms with E-state index in [9.17, 15) is 18.0 Å². The highest BCUT2D eigenvalue weighted by Gasteiger charge is 2.33. The molecule has 0 aliphatic carbocycles. The minimum absolute atomic E-state index is 0.0243. The fourth-order valence-corrected chi connectivity index (χ4v) is 6.03. The molecule has 0 saturated carbocycles. The first-order valence-electron chi connectivity index (χ1n) is 12.3. The number of carbonyl (C=O) groups excluding carboxylic acids is 2. The fourth-order valence-electron chi connectivity index (χ4n) is 4.02. The zero-order chi connectivity index (χ0) is 28.7. The summed E-state index contributed by atoms with van der Waals surface area (Å²) >= 11 is 18.5. The molecular formula is C28H30Cl3N3O4S. The molecule has 0 aliphatic heterocycles. The van der Waals surface area contributed by atoms with Crippen LogP contribution in [0.4, 0.5) is 5.69 Å². The zero-order valence-corrected chi connectivity index (χ0v) is 24.9. The Labute approximate surface area is 244 Å². The van der Waals surface area contributed by atoms with Crippen molar-refractivity contribution in [3.63, 3.8) is 0 Å². The van der Waals surface area contributed by atoms with Crippen molar-refractivity contribution < 1.29 is 18.0 Å². The molecule has 1 atom stereocenters. The van der Waals surface area contributed by atoms with Crippen LogP contribution >= 0.6 is 34.8 Å². The van der Waals surface area contributed by atoms with Gasteiger partial charge in [0.2, 0.25) is 11.8 Å². The van der Waals surface area contributed by atoms with Crippen molar-refractivity contribution >= 4 is 62.3 Å². The summed E-state index contributed by atoms with van der Waals surface area (Å²) in [5.74, 6) is -0.928. The maximum Gasteiger partial charge on any atom is 0.264 e. The van der Waals surface area contributed by atoms with Crippen molar-refractivity contribution in [3.05, 3.63) is 92.9 Å². The van der Waals surface area contributed by atoms with E-state index in [1.54, 1.807) is 56.3 Å². The molecular weight excluding hydrogens is 581 g/mol. The molecule has 3 aromatic carbocycles. The number of benzene rings is 3. The minimum atomic E-state index is -4.16. The highest BCUT2D eigenvalue weighted by molar-refractivity contribution is 7.92. The Morgan fingerprint density at radius 1 is 0.897 bits per heavy atom. The van der Waals surface area contributed by atoms with Crippen LogP contribution in [0.5, 0.6) is 0 Å². The molecule has 7 nitrogen and oxygen atoms in total. The predicted molar refractivity (Wildman–Crippen MR) is 157 cm³/mol. The molecule has 0 aromatic heterocycles. The molecule has 11 heteroatoms. The van der Waals surface area contributed by atoms with Gasteiger partial charge in [-0.2, -0.15) is 0 Å². The van der Waals surface area contributed by atoms with Crippen LogP contribution in [-0.2, 0) is 26.2 Å². The number of amides is 2. The molecule has 0 heterocycles. The van der Waals surface area contributed by atoms with E-state index < -0.39 is 28.5 Å². The second-order valence-electron chi connectivity index (χ2n) is 8.88. The molecule has 3 aromatic rings. The molecule has 0 radical (unpaired) electrons. The standard InChI is InChI=1S/C28H30Cl3N3O4S/c1-4-26(28(36)32-5-2)33(17-20-8-9-22(30)16-25(20)31)27(35)18-34(23-12-10-21(29)11-13-23)39(37,38)24-14-6-19(3)7-15-24/h6-16,26H,4-5,17-18H2,1-3H3,(H,32,36). The van der Waals surface area contributed by atoms with Gasteiger partial charge in [0.15, 0.2) is 0 Å². The number of hydrogen-bond acceptors (Lipinski definition) is 4. The third-order valence-electron chi connectivity index (χ3n) is 6.10. The average molecular weight is 611 g/mol. The number of sulfonamides is 1. The van der Waals surface area contributed by atoms with Crippen LogP contribution in [0, 0.1) is 6.92 Å². The molecule has 0 aliphatic rings. The number of nitrogens with one attached hydrogen (secondary N) is 1. The summed E-state index contributed by atoms with van der Waals surface area (Å²) in [4.78, 5) is 28.3. The van der Waals surface area contributed by atoms with Gasteiger partial charge >= 0.3 is 0 Å². The number of anilines is 1. The molecule has 0 spiro atoms. The SMILES string of the molecule is CCNC(=O)C(CC)N(Cc1ccc(Cl)cc1Cl)C(=O)CN(c1ccc(Cl)cc1)S(=O)(=O)c1ccc(C)cc1. The first-order chi connectivity index (χ1) is 18.5. The lowest BCUT2D eigenvalue weighted by Gasteiger charge is -2.33. The number of hydrogen-bond donors (Lipinski definition) is 1. The molecule has 3 rings (SSSR count). The van der Waals surface area contributed by atoms with Crippen LogP contribution in [-0.4, -0.2) is 44.3 Å². The third-order valence-corrected chi connectivity index (χ3v) is 8.72. The van der Waals surface area contributed by atoms with Gasteiger partial charge in [-0.3, -0.25) is 13.9 Å². The third kappa shape index (κ3) is 7.66. The summed E-state index contributed by atoms with van der Waals surface area (Å²) in [5.41, 5.74) is 1.71. The van der Waals surface area contributed by atoms with E-state index >= 15 is 0 Å². The molecule has 0 bridgehead atoms. The topological polar surface area (TPSA) is 86.8 Å². The summed E-state index contributed by atoms with van der Waals surface area (Å²) in [7, 11) is -4.16. The summed E-state index contributed by atoms with van der Waals surface area (Å²) < 4.78 is 28.7. The number of halogens is 3. The van der Waals surface area contributed by atoms with E-state index in [2.05, 4.69) is 5.32 Å². The lowest BCUT2D eigenvalue weighted by Crippen LogP contribution is -2.52. The van der Waals surface area contributed by atoms with Crippen LogP contribution in [0.15, 0.2) is 71.6 Å². The Morgan fingerprint density at radius 2 is 1.51 bits per heavy atom. The number of likely N-dealkylation sites (N-methyl/N-ethyl adjacent to an activating group) is 1. The van der Waals surface area contributed by atoms with E-state index in [-0.39, 0.29) is 23.0 Å². The van der Waals surface area contributed by atoms with Gasteiger partial charge in [0.05, 0.1) is 10.6 Å². The Kier molecular flexibility index (Phi) is 10.7. The number of nitrogens with zero attached hydrogens (tertiary/aromatic N) is 2. The molecule has 1 unspecified atom stereocenters. The first-order valence-corrected chi connectivity index (χ1v) is 14.9. The summed E-state index contributed by atoms with van der Waals surface area (Å²) in [5, 5.41) is 3.93. The van der Waals surface area contributed by atoms with Crippen molar-refractivity contribution in [1.82, 2.24) is 10.2 Å². The Bertz CT molecular complexity index is 1410. The van der Waals surface area contributed by atoms with Gasteiger partial charge in [0.1, 0.15) is 12.6 Å². The highest BCUT2D eigenvalue weighted by Crippen LogP contribution is 2.28. The van der Waals surface area contributed by atoms with E-state index in [1.165, 1.54) is 29.2 Å². The second kappa shape index (κ2) is 13.5. The van der Waals surface area contributed by atoms with Crippen molar-refractivity contribution in [2.75, 3.05) is 17.4 Å². The van der Waals surface area contributed by atoms with E-state index in [4.69, 9.17) is 34.8 Å². The van der Waals surface area contributed by atoms with Gasteiger partial charge in [-0.05, 0) is 74.4 Å². The van der Waals surface area contributed by atoms with Gasteiger partial charge in [0.25, 0.3) is 10.0 Å². The quantitative estimate of drug-likeness (QED) is 0.285. The molecule has 0 fully saturated rings. The smallest absolute Gasteiger partial charge is 0.264 e. The van der Waals surface area contributed by atoms with E-state index in [0.29, 0.717) is 33.6 Å². The average Bonchev–Trinajstić information content (AvgIpc) is 2.89. The zero-order valence-electron chi connectivity index (χ0n) is 21.8. The van der Waals surface area contributed by atoms with Crippen LogP contribution in [0.1, 0.15) is 31.4 Å². The maximum atomic E-state index is 14.0. The normalized spacial score (nSPS) is 12.1. The second-order valence-corrected chi connectivity index (χ2v) is 12.0. The highest BCUT2D eigenvalue weighted by atomic mass is 35.5. The van der Waals surface area contributed by atoms with Crippen molar-refractivity contribution in [1.29, 1.82) is 0 Å². The lowest BCUT2D eigenvalue weighted by molar-refractivity contribution is -0.140. The Morgan fingerprint density at radius 3 is 2.08 bits per heavy atom. The maximum absolute atomic E-state index is 14.0. The van der Waals surface area contributed by atoms with Gasteiger partial charge in [-0.25, -0.2) is 8.42 Å². The predicted octanol–water partition coefficient (Wildman–Crippen LogP) is 6.09. The van der Waals surface area contributed by atoms with Crippen LogP contribution in [0.2, 0.25) is 15.1 Å². The molecule has 1 N–H and O–H groups in total. The minimum Gasteiger partial charge on any atom is -0.355 e. The molecule has 0 saturated heterocycles. The summed E-state index contributed by atoms with van der Waals surface area (Å²) in [6.07, 6.45) is 0.300. The Balaban J connectivity index is 2.07.